The molecule has 0 spiro atoms. The highest BCUT2D eigenvalue weighted by atomic mass is 19.1. The number of hydrogen-bond donors (Lipinski definition) is 1. The van der Waals surface area contributed by atoms with Crippen LogP contribution in [-0.4, -0.2) is 37.1 Å². The first-order chi connectivity index (χ1) is 12.1. The number of urea groups is 1. The lowest BCUT2D eigenvalue weighted by atomic mass is 10.1. The second-order valence-corrected chi connectivity index (χ2v) is 6.44. The van der Waals surface area contributed by atoms with E-state index < -0.39 is 0 Å². The van der Waals surface area contributed by atoms with E-state index in [9.17, 15) is 9.18 Å². The van der Waals surface area contributed by atoms with Crippen molar-refractivity contribution in [2.45, 2.75) is 20.4 Å². The fourth-order valence-electron chi connectivity index (χ4n) is 3.15. The van der Waals surface area contributed by atoms with E-state index in [1.807, 2.05) is 0 Å². The van der Waals surface area contributed by atoms with Gasteiger partial charge in [-0.3, -0.25) is 0 Å². The van der Waals surface area contributed by atoms with Crippen LogP contribution in [-0.2, 0) is 6.54 Å². The van der Waals surface area contributed by atoms with Gasteiger partial charge in [0.05, 0.1) is 0 Å². The lowest BCUT2D eigenvalue weighted by Gasteiger charge is -2.37. The topological polar surface area (TPSA) is 35.6 Å². The summed E-state index contributed by atoms with van der Waals surface area (Å²) in [6, 6.07) is 12.7. The summed E-state index contributed by atoms with van der Waals surface area (Å²) in [6.45, 7) is 7.40. The molecule has 1 fully saturated rings. The summed E-state index contributed by atoms with van der Waals surface area (Å²) in [4.78, 5) is 16.4. The van der Waals surface area contributed by atoms with E-state index in [0.717, 1.165) is 13.1 Å². The van der Waals surface area contributed by atoms with Gasteiger partial charge in [0.1, 0.15) is 5.82 Å². The predicted octanol–water partition coefficient (Wildman–Crippen LogP) is 3.47. The number of aryl methyl sites for hydroxylation is 1. The van der Waals surface area contributed by atoms with Crippen LogP contribution in [0.2, 0.25) is 0 Å². The Bertz CT molecular complexity index is 754. The Hall–Kier alpha value is -2.56. The number of piperazine rings is 1. The van der Waals surface area contributed by atoms with Crippen LogP contribution in [0.15, 0.2) is 42.5 Å². The van der Waals surface area contributed by atoms with Crippen LogP contribution < -0.4 is 10.2 Å². The summed E-state index contributed by atoms with van der Waals surface area (Å²) in [5.74, 6) is -0.289. The van der Waals surface area contributed by atoms with Crippen LogP contribution in [0.1, 0.15) is 16.7 Å². The molecule has 1 aliphatic rings. The highest BCUT2D eigenvalue weighted by Crippen LogP contribution is 2.23. The maximum atomic E-state index is 13.6. The van der Waals surface area contributed by atoms with E-state index in [-0.39, 0.29) is 18.4 Å². The van der Waals surface area contributed by atoms with Crippen molar-refractivity contribution in [3.8, 4) is 0 Å². The van der Waals surface area contributed by atoms with E-state index in [2.05, 4.69) is 42.3 Å². The maximum Gasteiger partial charge on any atom is 0.317 e. The molecule has 5 heteroatoms. The largest absolute Gasteiger partial charge is 0.368 e. The fourth-order valence-corrected chi connectivity index (χ4v) is 3.15. The van der Waals surface area contributed by atoms with Crippen molar-refractivity contribution in [3.63, 3.8) is 0 Å². The number of anilines is 1. The number of benzene rings is 2. The van der Waals surface area contributed by atoms with Gasteiger partial charge in [-0.15, -0.1) is 0 Å². The zero-order valence-electron chi connectivity index (χ0n) is 14.8. The average molecular weight is 341 g/mol. The fraction of sp³-hybridized carbons (Fsp3) is 0.350. The Morgan fingerprint density at radius 3 is 2.48 bits per heavy atom. The molecule has 0 aliphatic carbocycles. The number of amides is 2. The summed E-state index contributed by atoms with van der Waals surface area (Å²) in [7, 11) is 0. The molecule has 132 valence electrons. The summed E-state index contributed by atoms with van der Waals surface area (Å²) in [5.41, 5.74) is 4.32. The number of nitrogens with one attached hydrogen (secondary N) is 1. The molecule has 2 amide bonds. The molecule has 0 atom stereocenters. The van der Waals surface area contributed by atoms with Crippen molar-refractivity contribution in [1.29, 1.82) is 0 Å². The molecular weight excluding hydrogens is 317 g/mol. The highest BCUT2D eigenvalue weighted by molar-refractivity contribution is 5.74. The smallest absolute Gasteiger partial charge is 0.317 e. The Morgan fingerprint density at radius 1 is 1.04 bits per heavy atom. The standard InChI is InChI=1S/C20H24FN3O/c1-15-6-5-9-19(16(15)2)23-10-12-24(13-11-23)20(25)22-14-17-7-3-4-8-18(17)21/h3-9H,10-14H2,1-2H3,(H,22,25). The van der Waals surface area contributed by atoms with Gasteiger partial charge >= 0.3 is 6.03 Å². The van der Waals surface area contributed by atoms with Crippen LogP contribution in [0.25, 0.3) is 0 Å². The molecule has 0 radical (unpaired) electrons. The summed E-state index contributed by atoms with van der Waals surface area (Å²) in [6.07, 6.45) is 0. The Morgan fingerprint density at radius 2 is 1.76 bits per heavy atom. The summed E-state index contributed by atoms with van der Waals surface area (Å²) >= 11 is 0. The van der Waals surface area contributed by atoms with Gasteiger partial charge in [-0.2, -0.15) is 0 Å². The molecule has 0 bridgehead atoms. The minimum atomic E-state index is -0.289. The first-order valence-corrected chi connectivity index (χ1v) is 8.63. The molecule has 0 saturated carbocycles. The molecule has 3 rings (SSSR count). The van der Waals surface area contributed by atoms with Crippen molar-refractivity contribution >= 4 is 11.7 Å². The van der Waals surface area contributed by atoms with Gasteiger partial charge in [-0.25, -0.2) is 9.18 Å². The van der Waals surface area contributed by atoms with Crippen molar-refractivity contribution in [2.24, 2.45) is 0 Å². The third kappa shape index (κ3) is 3.92. The van der Waals surface area contributed by atoms with Crippen molar-refractivity contribution < 1.29 is 9.18 Å². The molecule has 25 heavy (non-hydrogen) atoms. The highest BCUT2D eigenvalue weighted by Gasteiger charge is 2.22. The first kappa shape index (κ1) is 17.3. The van der Waals surface area contributed by atoms with Crippen LogP contribution >= 0.6 is 0 Å². The molecule has 1 N–H and O–H groups in total. The third-order valence-electron chi connectivity index (χ3n) is 4.87. The second-order valence-electron chi connectivity index (χ2n) is 6.44. The Kier molecular flexibility index (Phi) is 5.22. The van der Waals surface area contributed by atoms with Crippen molar-refractivity contribution in [2.75, 3.05) is 31.1 Å². The third-order valence-corrected chi connectivity index (χ3v) is 4.87. The minimum Gasteiger partial charge on any atom is -0.368 e. The van der Waals surface area contributed by atoms with Crippen molar-refractivity contribution in [3.05, 3.63) is 65.0 Å². The SMILES string of the molecule is Cc1cccc(N2CCN(C(=O)NCc3ccccc3F)CC2)c1C. The molecule has 1 heterocycles. The van der Waals surface area contributed by atoms with Gasteiger partial charge in [0.25, 0.3) is 0 Å². The van der Waals surface area contributed by atoms with Crippen LogP contribution in [0.5, 0.6) is 0 Å². The van der Waals surface area contributed by atoms with Gasteiger partial charge in [-0.05, 0) is 37.1 Å². The van der Waals surface area contributed by atoms with Gasteiger partial charge in [0.15, 0.2) is 0 Å². The summed E-state index contributed by atoms with van der Waals surface area (Å²) in [5, 5.41) is 2.81. The molecule has 0 unspecified atom stereocenters. The monoisotopic (exact) mass is 341 g/mol. The number of hydrogen-bond acceptors (Lipinski definition) is 2. The number of carbonyl (C=O) groups excluding carboxylic acids is 1. The van der Waals surface area contributed by atoms with E-state index in [0.29, 0.717) is 18.7 Å². The summed E-state index contributed by atoms with van der Waals surface area (Å²) < 4.78 is 13.6. The molecule has 2 aromatic rings. The quantitative estimate of drug-likeness (QED) is 0.928. The van der Waals surface area contributed by atoms with Gasteiger partial charge in [0.2, 0.25) is 0 Å². The normalized spacial score (nSPS) is 14.5. The number of rotatable bonds is 3. The molecule has 2 aromatic carbocycles. The number of halogens is 1. The zero-order valence-corrected chi connectivity index (χ0v) is 14.8. The van der Waals surface area contributed by atoms with E-state index in [1.54, 1.807) is 23.1 Å². The molecule has 4 nitrogen and oxygen atoms in total. The number of nitrogens with zero attached hydrogens (tertiary/aromatic N) is 2. The minimum absolute atomic E-state index is 0.135. The van der Waals surface area contributed by atoms with Gasteiger partial charge < -0.3 is 15.1 Å². The molecule has 1 aliphatic heterocycles. The lowest BCUT2D eigenvalue weighted by Crippen LogP contribution is -2.51. The molecule has 1 saturated heterocycles. The molecule has 0 aromatic heterocycles. The lowest BCUT2D eigenvalue weighted by molar-refractivity contribution is 0.194. The van der Waals surface area contributed by atoms with Gasteiger partial charge in [0, 0.05) is 44.0 Å². The predicted molar refractivity (Wildman–Crippen MR) is 98.3 cm³/mol. The molecular formula is C20H24FN3O. The second kappa shape index (κ2) is 7.55. The van der Waals surface area contributed by atoms with E-state index >= 15 is 0 Å². The maximum absolute atomic E-state index is 13.6. The average Bonchev–Trinajstić information content (AvgIpc) is 2.63. The Balaban J connectivity index is 1.54. The van der Waals surface area contributed by atoms with Crippen LogP contribution in [0.3, 0.4) is 0 Å². The van der Waals surface area contributed by atoms with E-state index in [4.69, 9.17) is 0 Å². The van der Waals surface area contributed by atoms with Crippen LogP contribution in [0, 0.1) is 19.7 Å². The van der Waals surface area contributed by atoms with E-state index in [1.165, 1.54) is 22.9 Å². The first-order valence-electron chi connectivity index (χ1n) is 8.63. The number of carbonyl (C=O) groups is 1. The Labute approximate surface area is 148 Å². The van der Waals surface area contributed by atoms with Gasteiger partial charge in [-0.1, -0.05) is 30.3 Å². The zero-order chi connectivity index (χ0) is 17.8. The van der Waals surface area contributed by atoms with Crippen molar-refractivity contribution in [1.82, 2.24) is 10.2 Å². The van der Waals surface area contributed by atoms with Crippen LogP contribution in [0.4, 0.5) is 14.9 Å².